The van der Waals surface area contributed by atoms with Crippen LogP contribution in [0.4, 0.5) is 11.5 Å². The molecule has 0 bridgehead atoms. The van der Waals surface area contributed by atoms with E-state index in [-0.39, 0.29) is 23.3 Å². The largest absolute Gasteiger partial charge is 0.321 e. The number of thioether (sulfide) groups is 1. The fraction of sp³-hybridized carbons (Fsp3) is 0.125. The molecule has 4 rings (SSSR count). The van der Waals surface area contributed by atoms with Crippen molar-refractivity contribution in [1.82, 2.24) is 10.3 Å². The predicted molar refractivity (Wildman–Crippen MR) is 161 cm³/mol. The summed E-state index contributed by atoms with van der Waals surface area (Å²) in [7, 11) is 0. The molecule has 0 saturated heterocycles. The van der Waals surface area contributed by atoms with Gasteiger partial charge in [-0.1, -0.05) is 62.4 Å². The maximum Gasteiger partial charge on any atom is 0.272 e. The van der Waals surface area contributed by atoms with E-state index in [1.54, 1.807) is 66.9 Å². The van der Waals surface area contributed by atoms with Crippen molar-refractivity contribution in [3.63, 3.8) is 0 Å². The Hall–Kier alpha value is -4.69. The van der Waals surface area contributed by atoms with Gasteiger partial charge in [-0.3, -0.25) is 14.4 Å². The van der Waals surface area contributed by atoms with Crippen molar-refractivity contribution >= 4 is 47.1 Å². The minimum atomic E-state index is -0.452. The second-order valence-corrected chi connectivity index (χ2v) is 10.3. The van der Waals surface area contributed by atoms with Gasteiger partial charge in [0.2, 0.25) is 5.91 Å². The summed E-state index contributed by atoms with van der Waals surface area (Å²) in [5.74, 6) is 0.117. The zero-order chi connectivity index (χ0) is 28.3. The Morgan fingerprint density at radius 3 is 2.17 bits per heavy atom. The highest BCUT2D eigenvalue weighted by atomic mass is 32.2. The first-order chi connectivity index (χ1) is 19.4. The quantitative estimate of drug-likeness (QED) is 0.158. The maximum atomic E-state index is 13.3. The SMILES string of the molecule is CC(C)c1ccc(/C=C(\NC(=O)c2ccccc2)C(=O)Nc2ccc(SCC(=O)Nc3ccccn3)cc2)cc1. The third kappa shape index (κ3) is 8.41. The van der Waals surface area contributed by atoms with E-state index in [2.05, 4.69) is 34.8 Å². The minimum absolute atomic E-state index is 0.121. The number of carbonyl (C=O) groups excluding carboxylic acids is 3. The van der Waals surface area contributed by atoms with Crippen molar-refractivity contribution in [2.45, 2.75) is 24.7 Å². The topological polar surface area (TPSA) is 100 Å². The zero-order valence-corrected chi connectivity index (χ0v) is 23.1. The second-order valence-electron chi connectivity index (χ2n) is 9.23. The molecule has 3 N–H and O–H groups in total. The number of pyridine rings is 1. The number of anilines is 2. The Bertz CT molecular complexity index is 1470. The van der Waals surface area contributed by atoms with E-state index in [0.717, 1.165) is 10.5 Å². The summed E-state index contributed by atoms with van der Waals surface area (Å²) in [6.07, 6.45) is 3.27. The molecule has 1 heterocycles. The molecule has 0 atom stereocenters. The van der Waals surface area contributed by atoms with Gasteiger partial charge in [-0.05, 0) is 71.7 Å². The Morgan fingerprint density at radius 2 is 1.52 bits per heavy atom. The molecule has 0 unspecified atom stereocenters. The molecular weight excluding hydrogens is 520 g/mol. The van der Waals surface area contributed by atoms with Crippen LogP contribution in [0.2, 0.25) is 0 Å². The van der Waals surface area contributed by atoms with Gasteiger partial charge < -0.3 is 16.0 Å². The summed E-state index contributed by atoms with van der Waals surface area (Å²) in [4.78, 5) is 43.3. The number of hydrogen-bond donors (Lipinski definition) is 3. The second kappa shape index (κ2) is 13.9. The molecule has 0 radical (unpaired) electrons. The Morgan fingerprint density at radius 1 is 0.825 bits per heavy atom. The molecule has 8 heteroatoms. The lowest BCUT2D eigenvalue weighted by Gasteiger charge is -2.12. The monoisotopic (exact) mass is 550 g/mol. The standard InChI is InChI=1S/C32H30N4O3S/c1-22(2)24-13-11-23(12-14-24)20-28(35-31(38)25-8-4-3-5-9-25)32(39)34-26-15-17-27(18-16-26)40-21-30(37)36-29-10-6-7-19-33-29/h3-20,22H,21H2,1-2H3,(H,34,39)(H,35,38)(H,33,36,37)/b28-20-. The molecule has 0 aliphatic rings. The van der Waals surface area contributed by atoms with Gasteiger partial charge in [0, 0.05) is 22.3 Å². The van der Waals surface area contributed by atoms with Crippen LogP contribution in [0.5, 0.6) is 0 Å². The molecule has 3 aromatic carbocycles. The average Bonchev–Trinajstić information content (AvgIpc) is 2.97. The van der Waals surface area contributed by atoms with Crippen LogP contribution in [0.3, 0.4) is 0 Å². The smallest absolute Gasteiger partial charge is 0.272 e. The third-order valence-corrected chi connectivity index (χ3v) is 6.87. The van der Waals surface area contributed by atoms with E-state index < -0.39 is 5.91 Å². The Labute approximate surface area is 238 Å². The van der Waals surface area contributed by atoms with E-state index in [1.807, 2.05) is 42.5 Å². The van der Waals surface area contributed by atoms with E-state index in [0.29, 0.717) is 23.0 Å². The van der Waals surface area contributed by atoms with Crippen LogP contribution in [0.25, 0.3) is 6.08 Å². The van der Waals surface area contributed by atoms with Crippen LogP contribution in [-0.4, -0.2) is 28.5 Å². The predicted octanol–water partition coefficient (Wildman–Crippen LogP) is 6.35. The van der Waals surface area contributed by atoms with E-state index in [9.17, 15) is 14.4 Å². The van der Waals surface area contributed by atoms with Gasteiger partial charge in [-0.2, -0.15) is 0 Å². The van der Waals surface area contributed by atoms with Crippen LogP contribution in [-0.2, 0) is 9.59 Å². The van der Waals surface area contributed by atoms with Gasteiger partial charge in [0.1, 0.15) is 11.5 Å². The van der Waals surface area contributed by atoms with Crippen LogP contribution in [0, 0.1) is 0 Å². The number of rotatable bonds is 10. The number of carbonyl (C=O) groups is 3. The van der Waals surface area contributed by atoms with Gasteiger partial charge >= 0.3 is 0 Å². The molecule has 40 heavy (non-hydrogen) atoms. The number of amides is 3. The molecular formula is C32H30N4O3S. The van der Waals surface area contributed by atoms with Crippen molar-refractivity contribution in [2.75, 3.05) is 16.4 Å². The zero-order valence-electron chi connectivity index (χ0n) is 22.3. The summed E-state index contributed by atoms with van der Waals surface area (Å²) >= 11 is 1.37. The summed E-state index contributed by atoms with van der Waals surface area (Å²) < 4.78 is 0. The van der Waals surface area contributed by atoms with Crippen molar-refractivity contribution < 1.29 is 14.4 Å². The maximum absolute atomic E-state index is 13.3. The molecule has 3 amide bonds. The normalized spacial score (nSPS) is 11.1. The number of hydrogen-bond acceptors (Lipinski definition) is 5. The fourth-order valence-corrected chi connectivity index (χ4v) is 4.38. The van der Waals surface area contributed by atoms with Gasteiger partial charge in [-0.25, -0.2) is 4.98 Å². The fourth-order valence-electron chi connectivity index (χ4n) is 3.68. The molecule has 4 aromatic rings. The van der Waals surface area contributed by atoms with Crippen molar-refractivity contribution in [2.24, 2.45) is 0 Å². The summed E-state index contributed by atoms with van der Waals surface area (Å²) in [6.45, 7) is 4.23. The van der Waals surface area contributed by atoms with Gasteiger partial charge in [0.05, 0.1) is 5.75 Å². The summed E-state index contributed by atoms with van der Waals surface area (Å²) in [5, 5.41) is 8.36. The molecule has 202 valence electrons. The number of benzene rings is 3. The van der Waals surface area contributed by atoms with Crippen molar-refractivity contribution in [3.8, 4) is 0 Å². The highest BCUT2D eigenvalue weighted by molar-refractivity contribution is 8.00. The highest BCUT2D eigenvalue weighted by Crippen LogP contribution is 2.21. The lowest BCUT2D eigenvalue weighted by atomic mass is 10.0. The average molecular weight is 551 g/mol. The molecule has 7 nitrogen and oxygen atoms in total. The van der Waals surface area contributed by atoms with Crippen LogP contribution < -0.4 is 16.0 Å². The molecule has 0 spiro atoms. The number of aromatic nitrogens is 1. The first-order valence-corrected chi connectivity index (χ1v) is 13.8. The lowest BCUT2D eigenvalue weighted by Crippen LogP contribution is -2.30. The Balaban J connectivity index is 1.43. The van der Waals surface area contributed by atoms with E-state index in [1.165, 1.54) is 17.3 Å². The molecule has 0 saturated carbocycles. The summed E-state index contributed by atoms with van der Waals surface area (Å²) in [6, 6.07) is 29.1. The first-order valence-electron chi connectivity index (χ1n) is 12.8. The summed E-state index contributed by atoms with van der Waals surface area (Å²) in [5.41, 5.74) is 3.10. The van der Waals surface area contributed by atoms with E-state index >= 15 is 0 Å². The van der Waals surface area contributed by atoms with Crippen LogP contribution >= 0.6 is 11.8 Å². The van der Waals surface area contributed by atoms with Crippen molar-refractivity contribution in [1.29, 1.82) is 0 Å². The van der Waals surface area contributed by atoms with Crippen LogP contribution in [0.15, 0.2) is 114 Å². The molecule has 0 aliphatic carbocycles. The van der Waals surface area contributed by atoms with Gasteiger partial charge in [0.15, 0.2) is 0 Å². The first kappa shape index (κ1) is 28.3. The molecule has 0 fully saturated rings. The van der Waals surface area contributed by atoms with Gasteiger partial charge in [0.25, 0.3) is 11.8 Å². The highest BCUT2D eigenvalue weighted by Gasteiger charge is 2.15. The molecule has 1 aromatic heterocycles. The lowest BCUT2D eigenvalue weighted by molar-refractivity contribution is -0.114. The van der Waals surface area contributed by atoms with Crippen LogP contribution in [0.1, 0.15) is 41.3 Å². The molecule has 0 aliphatic heterocycles. The van der Waals surface area contributed by atoms with Crippen molar-refractivity contribution in [3.05, 3.63) is 126 Å². The van der Waals surface area contributed by atoms with E-state index in [4.69, 9.17) is 0 Å². The number of nitrogens with one attached hydrogen (secondary N) is 3. The number of nitrogens with zero attached hydrogens (tertiary/aromatic N) is 1. The minimum Gasteiger partial charge on any atom is -0.321 e. The van der Waals surface area contributed by atoms with Gasteiger partial charge in [-0.15, -0.1) is 11.8 Å². The Kier molecular flexibility index (Phi) is 9.85. The third-order valence-electron chi connectivity index (χ3n) is 5.86.